The number of aromatic nitrogens is 1. The number of pyridine rings is 1. The maximum atomic E-state index is 9.00. The SMILES string of the molecule is CN(CCc1ccncc1)C(C)(C)CCO. The van der Waals surface area contributed by atoms with E-state index in [9.17, 15) is 0 Å². The average Bonchev–Trinajstić information content (AvgIpc) is 2.27. The smallest absolute Gasteiger partial charge is 0.0448 e. The Bertz CT molecular complexity index is 298. The molecule has 0 spiro atoms. The van der Waals surface area contributed by atoms with Crippen LogP contribution in [0.2, 0.25) is 0 Å². The fraction of sp³-hybridized carbons (Fsp3) is 0.615. The fourth-order valence-corrected chi connectivity index (χ4v) is 1.61. The normalized spacial score (nSPS) is 12.1. The molecule has 1 aromatic heterocycles. The fourth-order valence-electron chi connectivity index (χ4n) is 1.61. The number of rotatable bonds is 6. The molecule has 0 saturated carbocycles. The average molecular weight is 222 g/mol. The minimum absolute atomic E-state index is 0.0573. The zero-order chi connectivity index (χ0) is 12.0. The van der Waals surface area contributed by atoms with E-state index in [2.05, 4.69) is 30.8 Å². The van der Waals surface area contributed by atoms with Crippen molar-refractivity contribution in [3.63, 3.8) is 0 Å². The van der Waals surface area contributed by atoms with E-state index in [1.54, 1.807) is 0 Å². The van der Waals surface area contributed by atoms with Gasteiger partial charge in [-0.15, -0.1) is 0 Å². The van der Waals surface area contributed by atoms with Crippen molar-refractivity contribution in [2.75, 3.05) is 20.2 Å². The summed E-state index contributed by atoms with van der Waals surface area (Å²) in [6, 6.07) is 4.10. The van der Waals surface area contributed by atoms with E-state index in [0.29, 0.717) is 0 Å². The monoisotopic (exact) mass is 222 g/mol. The van der Waals surface area contributed by atoms with Crippen LogP contribution in [0.15, 0.2) is 24.5 Å². The predicted octanol–water partition coefficient (Wildman–Crippen LogP) is 1.72. The summed E-state index contributed by atoms with van der Waals surface area (Å²) in [5.74, 6) is 0. The summed E-state index contributed by atoms with van der Waals surface area (Å²) < 4.78 is 0. The van der Waals surface area contributed by atoms with Crippen LogP contribution in [0.1, 0.15) is 25.8 Å². The molecule has 1 heterocycles. The lowest BCUT2D eigenvalue weighted by Crippen LogP contribution is -2.42. The molecule has 90 valence electrons. The summed E-state index contributed by atoms with van der Waals surface area (Å²) in [5, 5.41) is 9.00. The lowest BCUT2D eigenvalue weighted by atomic mass is 9.98. The molecule has 0 bridgehead atoms. The number of aliphatic hydroxyl groups excluding tert-OH is 1. The molecular formula is C13H22N2O. The van der Waals surface area contributed by atoms with Crippen LogP contribution in [-0.4, -0.2) is 40.7 Å². The first-order chi connectivity index (χ1) is 7.56. The Morgan fingerprint density at radius 2 is 1.94 bits per heavy atom. The number of aliphatic hydroxyl groups is 1. The van der Waals surface area contributed by atoms with Gasteiger partial charge in [-0.1, -0.05) is 0 Å². The quantitative estimate of drug-likeness (QED) is 0.796. The van der Waals surface area contributed by atoms with Crippen molar-refractivity contribution in [1.82, 2.24) is 9.88 Å². The van der Waals surface area contributed by atoms with Crippen molar-refractivity contribution in [2.45, 2.75) is 32.2 Å². The van der Waals surface area contributed by atoms with Gasteiger partial charge in [0.15, 0.2) is 0 Å². The molecule has 0 saturated heterocycles. The summed E-state index contributed by atoms with van der Waals surface area (Å²) in [6.07, 6.45) is 5.48. The Labute approximate surface area is 98.1 Å². The summed E-state index contributed by atoms with van der Waals surface area (Å²) in [4.78, 5) is 6.30. The van der Waals surface area contributed by atoms with E-state index >= 15 is 0 Å². The van der Waals surface area contributed by atoms with Crippen molar-refractivity contribution < 1.29 is 5.11 Å². The maximum Gasteiger partial charge on any atom is 0.0448 e. The molecular weight excluding hydrogens is 200 g/mol. The van der Waals surface area contributed by atoms with Crippen LogP contribution in [0.3, 0.4) is 0 Å². The Morgan fingerprint density at radius 3 is 2.50 bits per heavy atom. The lowest BCUT2D eigenvalue weighted by Gasteiger charge is -2.35. The first kappa shape index (κ1) is 13.1. The molecule has 0 aliphatic rings. The van der Waals surface area contributed by atoms with Crippen molar-refractivity contribution in [3.05, 3.63) is 30.1 Å². The minimum Gasteiger partial charge on any atom is -0.396 e. The van der Waals surface area contributed by atoms with E-state index < -0.39 is 0 Å². The molecule has 3 heteroatoms. The molecule has 0 atom stereocenters. The standard InChI is InChI=1S/C13H22N2O/c1-13(2,7-11-16)15(3)10-6-12-4-8-14-9-5-12/h4-5,8-9,16H,6-7,10-11H2,1-3H3. The van der Waals surface area contributed by atoms with Crippen molar-refractivity contribution in [3.8, 4) is 0 Å². The maximum absolute atomic E-state index is 9.00. The number of nitrogens with zero attached hydrogens (tertiary/aromatic N) is 2. The van der Waals surface area contributed by atoms with Crippen LogP contribution >= 0.6 is 0 Å². The second-order valence-corrected chi connectivity index (χ2v) is 4.81. The van der Waals surface area contributed by atoms with Crippen LogP contribution in [0.4, 0.5) is 0 Å². The van der Waals surface area contributed by atoms with Crippen molar-refractivity contribution in [1.29, 1.82) is 0 Å². The molecule has 1 N–H and O–H groups in total. The van der Waals surface area contributed by atoms with Gasteiger partial charge in [0.25, 0.3) is 0 Å². The van der Waals surface area contributed by atoms with E-state index in [1.165, 1.54) is 5.56 Å². The lowest BCUT2D eigenvalue weighted by molar-refractivity contribution is 0.118. The second kappa shape index (κ2) is 5.97. The highest BCUT2D eigenvalue weighted by atomic mass is 16.3. The molecule has 0 radical (unpaired) electrons. The summed E-state index contributed by atoms with van der Waals surface area (Å²) in [6.45, 7) is 5.56. The van der Waals surface area contributed by atoms with Gasteiger partial charge in [-0.25, -0.2) is 0 Å². The number of hydrogen-bond acceptors (Lipinski definition) is 3. The molecule has 0 aliphatic heterocycles. The van der Waals surface area contributed by atoms with Crippen LogP contribution in [-0.2, 0) is 6.42 Å². The highest BCUT2D eigenvalue weighted by Crippen LogP contribution is 2.16. The minimum atomic E-state index is 0.0573. The molecule has 3 nitrogen and oxygen atoms in total. The third kappa shape index (κ3) is 3.91. The van der Waals surface area contributed by atoms with Gasteiger partial charge in [0.2, 0.25) is 0 Å². The zero-order valence-corrected chi connectivity index (χ0v) is 10.5. The molecule has 0 amide bonds. The Hall–Kier alpha value is -0.930. The Kier molecular flexibility index (Phi) is 4.90. The molecule has 16 heavy (non-hydrogen) atoms. The van der Waals surface area contributed by atoms with Crippen LogP contribution < -0.4 is 0 Å². The van der Waals surface area contributed by atoms with Crippen LogP contribution in [0.25, 0.3) is 0 Å². The molecule has 0 unspecified atom stereocenters. The van der Waals surface area contributed by atoms with E-state index in [4.69, 9.17) is 5.11 Å². The largest absolute Gasteiger partial charge is 0.396 e. The first-order valence-electron chi connectivity index (χ1n) is 5.77. The first-order valence-corrected chi connectivity index (χ1v) is 5.77. The van der Waals surface area contributed by atoms with Gasteiger partial charge in [0.05, 0.1) is 0 Å². The van der Waals surface area contributed by atoms with Gasteiger partial charge < -0.3 is 10.0 Å². The van der Waals surface area contributed by atoms with Gasteiger partial charge in [0.1, 0.15) is 0 Å². The summed E-state index contributed by atoms with van der Waals surface area (Å²) >= 11 is 0. The second-order valence-electron chi connectivity index (χ2n) is 4.81. The topological polar surface area (TPSA) is 36.4 Å². The van der Waals surface area contributed by atoms with Gasteiger partial charge >= 0.3 is 0 Å². The highest BCUT2D eigenvalue weighted by molar-refractivity contribution is 5.10. The Balaban J connectivity index is 2.43. The van der Waals surface area contributed by atoms with Gasteiger partial charge in [-0.3, -0.25) is 4.98 Å². The molecule has 1 aromatic rings. The van der Waals surface area contributed by atoms with Gasteiger partial charge in [0, 0.05) is 31.1 Å². The van der Waals surface area contributed by atoms with Crippen LogP contribution in [0, 0.1) is 0 Å². The van der Waals surface area contributed by atoms with E-state index in [1.807, 2.05) is 24.5 Å². The molecule has 1 rings (SSSR count). The van der Waals surface area contributed by atoms with Gasteiger partial charge in [-0.2, -0.15) is 0 Å². The summed E-state index contributed by atoms with van der Waals surface area (Å²) in [5.41, 5.74) is 1.36. The Morgan fingerprint density at radius 1 is 1.31 bits per heavy atom. The molecule has 0 aromatic carbocycles. The van der Waals surface area contributed by atoms with E-state index in [0.717, 1.165) is 19.4 Å². The van der Waals surface area contributed by atoms with Gasteiger partial charge in [-0.05, 0) is 51.4 Å². The highest BCUT2D eigenvalue weighted by Gasteiger charge is 2.22. The van der Waals surface area contributed by atoms with Crippen molar-refractivity contribution >= 4 is 0 Å². The molecule has 0 fully saturated rings. The zero-order valence-electron chi connectivity index (χ0n) is 10.5. The third-order valence-corrected chi connectivity index (χ3v) is 3.24. The third-order valence-electron chi connectivity index (χ3n) is 3.24. The van der Waals surface area contributed by atoms with Crippen LogP contribution in [0.5, 0.6) is 0 Å². The van der Waals surface area contributed by atoms with E-state index in [-0.39, 0.29) is 12.1 Å². The number of likely N-dealkylation sites (N-methyl/N-ethyl adjacent to an activating group) is 1. The summed E-state index contributed by atoms with van der Waals surface area (Å²) in [7, 11) is 2.11. The number of hydrogen-bond donors (Lipinski definition) is 1. The predicted molar refractivity (Wildman–Crippen MR) is 66.4 cm³/mol. The van der Waals surface area contributed by atoms with Crippen molar-refractivity contribution in [2.24, 2.45) is 0 Å². The molecule has 0 aliphatic carbocycles.